The van der Waals surface area contributed by atoms with E-state index in [1.165, 1.54) is 0 Å². The molecular formula is C16H17F3N2O2. The third-order valence-electron chi connectivity index (χ3n) is 3.01. The van der Waals surface area contributed by atoms with E-state index in [-0.39, 0.29) is 18.2 Å². The van der Waals surface area contributed by atoms with Gasteiger partial charge in [0, 0.05) is 12.5 Å². The highest BCUT2D eigenvalue weighted by atomic mass is 19.4. The lowest BCUT2D eigenvalue weighted by Gasteiger charge is -2.09. The van der Waals surface area contributed by atoms with Gasteiger partial charge in [0.1, 0.15) is 0 Å². The quantitative estimate of drug-likeness (QED) is 0.793. The van der Waals surface area contributed by atoms with Gasteiger partial charge in [-0.1, -0.05) is 26.0 Å². The van der Waals surface area contributed by atoms with Crippen LogP contribution in [0.25, 0.3) is 5.69 Å². The number of hydrogen-bond donors (Lipinski definition) is 0. The van der Waals surface area contributed by atoms with E-state index >= 15 is 0 Å². The normalized spacial score (nSPS) is 11.8. The minimum Gasteiger partial charge on any atom is -0.407 e. The number of aromatic nitrogens is 2. The average molecular weight is 326 g/mol. The predicted molar refractivity (Wildman–Crippen MR) is 78.4 cm³/mol. The van der Waals surface area contributed by atoms with Gasteiger partial charge in [0.25, 0.3) is 0 Å². The second-order valence-electron chi connectivity index (χ2n) is 5.69. The zero-order valence-corrected chi connectivity index (χ0v) is 13.0. The first-order chi connectivity index (χ1) is 10.7. The summed E-state index contributed by atoms with van der Waals surface area (Å²) in [7, 11) is 0. The molecule has 0 amide bonds. The smallest absolute Gasteiger partial charge is 0.407 e. The third kappa shape index (κ3) is 4.34. The van der Waals surface area contributed by atoms with Crippen molar-refractivity contribution in [2.75, 3.05) is 0 Å². The number of rotatable bonds is 4. The summed E-state index contributed by atoms with van der Waals surface area (Å²) in [6.07, 6.45) is -4.51. The average Bonchev–Trinajstić information content (AvgIpc) is 2.81. The molecule has 0 aliphatic rings. The second-order valence-corrected chi connectivity index (χ2v) is 5.69. The highest BCUT2D eigenvalue weighted by molar-refractivity contribution is 5.72. The Hall–Kier alpha value is -2.31. The molecular weight excluding hydrogens is 309 g/mol. The molecule has 0 aliphatic heterocycles. The Kier molecular flexibility index (Phi) is 4.77. The summed E-state index contributed by atoms with van der Waals surface area (Å²) >= 11 is 0. The van der Waals surface area contributed by atoms with Crippen molar-refractivity contribution in [3.63, 3.8) is 0 Å². The van der Waals surface area contributed by atoms with Gasteiger partial charge in [-0.2, -0.15) is 18.3 Å². The maximum Gasteiger partial charge on any atom is 0.435 e. The summed E-state index contributed by atoms with van der Waals surface area (Å²) in [6.45, 7) is 5.45. The molecule has 2 rings (SSSR count). The van der Waals surface area contributed by atoms with Gasteiger partial charge in [0.2, 0.25) is 5.88 Å². The number of carbonyl (C=O) groups is 1. The summed E-state index contributed by atoms with van der Waals surface area (Å²) in [5.74, 6) is -0.795. The minimum absolute atomic E-state index is 0.0416. The molecule has 0 spiro atoms. The van der Waals surface area contributed by atoms with E-state index in [4.69, 9.17) is 4.74 Å². The van der Waals surface area contributed by atoms with Crippen LogP contribution in [-0.2, 0) is 11.0 Å². The Morgan fingerprint density at radius 1 is 1.30 bits per heavy atom. The highest BCUT2D eigenvalue weighted by Crippen LogP contribution is 2.32. The zero-order valence-electron chi connectivity index (χ0n) is 13.0. The Bertz CT molecular complexity index is 706. The number of carbonyl (C=O) groups excluding carboxylic acids is 1. The van der Waals surface area contributed by atoms with E-state index in [2.05, 4.69) is 5.10 Å². The minimum atomic E-state index is -4.62. The van der Waals surface area contributed by atoms with Crippen LogP contribution in [0.1, 0.15) is 31.5 Å². The summed E-state index contributed by atoms with van der Waals surface area (Å²) < 4.78 is 44.8. The summed E-state index contributed by atoms with van der Waals surface area (Å²) in [6, 6.07) is 7.49. The Morgan fingerprint density at radius 3 is 2.57 bits per heavy atom. The fourth-order valence-corrected chi connectivity index (χ4v) is 2.01. The zero-order chi connectivity index (χ0) is 17.2. The monoisotopic (exact) mass is 326 g/mol. The molecule has 1 aromatic heterocycles. The predicted octanol–water partition coefficient (Wildman–Crippen LogP) is 4.15. The van der Waals surface area contributed by atoms with Gasteiger partial charge < -0.3 is 4.74 Å². The fraction of sp³-hybridized carbons (Fsp3) is 0.375. The van der Waals surface area contributed by atoms with Gasteiger partial charge in [-0.3, -0.25) is 4.79 Å². The molecule has 0 saturated carbocycles. The number of alkyl halides is 3. The molecule has 0 bridgehead atoms. The first-order valence-corrected chi connectivity index (χ1v) is 7.12. The van der Waals surface area contributed by atoms with E-state index in [9.17, 15) is 18.0 Å². The van der Waals surface area contributed by atoms with Crippen LogP contribution in [0.5, 0.6) is 5.88 Å². The summed E-state index contributed by atoms with van der Waals surface area (Å²) in [5, 5.41) is 3.54. The Balaban J connectivity index is 2.43. The van der Waals surface area contributed by atoms with Gasteiger partial charge in [-0.15, -0.1) is 0 Å². The van der Waals surface area contributed by atoms with Crippen molar-refractivity contribution in [1.29, 1.82) is 0 Å². The third-order valence-corrected chi connectivity index (χ3v) is 3.01. The summed E-state index contributed by atoms with van der Waals surface area (Å²) in [5.41, 5.74) is 0.144. The van der Waals surface area contributed by atoms with Crippen LogP contribution in [0.3, 0.4) is 0 Å². The molecule has 0 atom stereocenters. The largest absolute Gasteiger partial charge is 0.435 e. The van der Waals surface area contributed by atoms with Crippen molar-refractivity contribution < 1.29 is 22.7 Å². The van der Waals surface area contributed by atoms with Crippen molar-refractivity contribution in [2.45, 2.75) is 33.4 Å². The van der Waals surface area contributed by atoms with Crippen molar-refractivity contribution in [1.82, 2.24) is 9.78 Å². The van der Waals surface area contributed by atoms with Crippen molar-refractivity contribution in [3.8, 4) is 11.6 Å². The topological polar surface area (TPSA) is 44.1 Å². The number of hydrogen-bond acceptors (Lipinski definition) is 3. The first kappa shape index (κ1) is 17.1. The Morgan fingerprint density at radius 2 is 2.00 bits per heavy atom. The summed E-state index contributed by atoms with van der Waals surface area (Å²) in [4.78, 5) is 11.8. The van der Waals surface area contributed by atoms with Crippen LogP contribution in [-0.4, -0.2) is 15.7 Å². The van der Waals surface area contributed by atoms with E-state index in [1.807, 2.05) is 26.8 Å². The molecule has 0 N–H and O–H groups in total. The van der Waals surface area contributed by atoms with Crippen LogP contribution >= 0.6 is 0 Å². The van der Waals surface area contributed by atoms with Gasteiger partial charge >= 0.3 is 12.1 Å². The van der Waals surface area contributed by atoms with E-state index in [1.54, 1.807) is 18.2 Å². The van der Waals surface area contributed by atoms with Gasteiger partial charge in [0.05, 0.1) is 5.69 Å². The standard InChI is InChI=1S/C16H17F3N2O2/c1-10(2)7-15(22)23-14-9-13(16(17,18)19)20-21(14)12-6-4-5-11(3)8-12/h4-6,8-10H,7H2,1-3H3. The van der Waals surface area contributed by atoms with Crippen LogP contribution in [0.15, 0.2) is 30.3 Å². The molecule has 124 valence electrons. The number of ether oxygens (including phenoxy) is 1. The molecule has 1 aromatic carbocycles. The molecule has 23 heavy (non-hydrogen) atoms. The fourth-order valence-electron chi connectivity index (χ4n) is 2.01. The number of benzene rings is 1. The molecule has 0 aliphatic carbocycles. The number of aryl methyl sites for hydroxylation is 1. The molecule has 0 fully saturated rings. The second kappa shape index (κ2) is 6.44. The Labute approximate surface area is 131 Å². The van der Waals surface area contributed by atoms with E-state index in [0.717, 1.165) is 16.3 Å². The molecule has 1 heterocycles. The van der Waals surface area contributed by atoms with Crippen molar-refractivity contribution in [3.05, 3.63) is 41.6 Å². The van der Waals surface area contributed by atoms with Crippen molar-refractivity contribution in [2.24, 2.45) is 5.92 Å². The number of esters is 1. The van der Waals surface area contributed by atoms with E-state index < -0.39 is 17.8 Å². The van der Waals surface area contributed by atoms with E-state index in [0.29, 0.717) is 5.69 Å². The van der Waals surface area contributed by atoms with Crippen LogP contribution < -0.4 is 4.74 Å². The van der Waals surface area contributed by atoms with Crippen LogP contribution in [0, 0.1) is 12.8 Å². The van der Waals surface area contributed by atoms with Crippen molar-refractivity contribution >= 4 is 5.97 Å². The van der Waals surface area contributed by atoms with Gasteiger partial charge in [0.15, 0.2) is 5.69 Å². The molecule has 2 aromatic rings. The molecule has 0 radical (unpaired) electrons. The molecule has 0 saturated heterocycles. The molecule has 0 unspecified atom stereocenters. The van der Waals surface area contributed by atoms with Gasteiger partial charge in [-0.25, -0.2) is 4.68 Å². The highest BCUT2D eigenvalue weighted by Gasteiger charge is 2.36. The first-order valence-electron chi connectivity index (χ1n) is 7.12. The van der Waals surface area contributed by atoms with Crippen LogP contribution in [0.4, 0.5) is 13.2 Å². The maximum absolute atomic E-state index is 12.9. The van der Waals surface area contributed by atoms with Gasteiger partial charge in [-0.05, 0) is 30.5 Å². The SMILES string of the molecule is Cc1cccc(-n2nc(C(F)(F)F)cc2OC(=O)CC(C)C)c1. The molecule has 4 nitrogen and oxygen atoms in total. The molecule has 7 heteroatoms. The lowest BCUT2D eigenvalue weighted by molar-refractivity contribution is -0.141. The number of halogens is 3. The lowest BCUT2D eigenvalue weighted by atomic mass is 10.1. The number of nitrogens with zero attached hydrogens (tertiary/aromatic N) is 2. The van der Waals surface area contributed by atoms with Crippen LogP contribution in [0.2, 0.25) is 0 Å². The maximum atomic E-state index is 12.9. The lowest BCUT2D eigenvalue weighted by Crippen LogP contribution is -2.13.